The highest BCUT2D eigenvalue weighted by Crippen LogP contribution is 2.41. The third-order valence-electron chi connectivity index (χ3n) is 6.42. The minimum Gasteiger partial charge on any atom is -0.441 e. The van der Waals surface area contributed by atoms with Crippen molar-refractivity contribution >= 4 is 0 Å². The molecule has 1 aromatic carbocycles. The molecule has 0 spiro atoms. The molecular formula is C22H25FN4O2. The zero-order valence-corrected chi connectivity index (χ0v) is 16.4. The number of halogens is 1. The zero-order valence-electron chi connectivity index (χ0n) is 16.4. The van der Waals surface area contributed by atoms with Gasteiger partial charge in [-0.25, -0.2) is 9.37 Å². The predicted octanol–water partition coefficient (Wildman–Crippen LogP) is 3.43. The molecule has 6 nitrogen and oxygen atoms in total. The topological polar surface area (TPSA) is 67.3 Å². The Kier molecular flexibility index (Phi) is 4.72. The second kappa shape index (κ2) is 7.39. The first kappa shape index (κ1) is 18.5. The molecule has 0 radical (unpaired) electrons. The number of nitrogens with zero attached hydrogens (tertiary/aromatic N) is 4. The molecule has 2 aliphatic rings. The molecule has 7 heteroatoms. The highest BCUT2D eigenvalue weighted by atomic mass is 19.1. The van der Waals surface area contributed by atoms with E-state index >= 15 is 0 Å². The van der Waals surface area contributed by atoms with Crippen molar-refractivity contribution in [1.82, 2.24) is 19.7 Å². The van der Waals surface area contributed by atoms with Crippen LogP contribution in [-0.2, 0) is 6.54 Å². The van der Waals surface area contributed by atoms with E-state index in [4.69, 9.17) is 4.42 Å². The van der Waals surface area contributed by atoms with Crippen LogP contribution in [0.25, 0.3) is 11.5 Å². The highest BCUT2D eigenvalue weighted by molar-refractivity contribution is 5.54. The van der Waals surface area contributed by atoms with Crippen molar-refractivity contribution in [2.75, 3.05) is 13.1 Å². The molecule has 152 valence electrons. The Morgan fingerprint density at radius 1 is 1.17 bits per heavy atom. The molecule has 0 amide bonds. The van der Waals surface area contributed by atoms with Crippen LogP contribution < -0.4 is 0 Å². The third-order valence-corrected chi connectivity index (χ3v) is 6.42. The fraction of sp³-hybridized carbons (Fsp3) is 0.455. The van der Waals surface area contributed by atoms with Gasteiger partial charge in [-0.05, 0) is 49.8 Å². The van der Waals surface area contributed by atoms with E-state index in [1.807, 2.05) is 23.9 Å². The maximum atomic E-state index is 14.1. The summed E-state index contributed by atoms with van der Waals surface area (Å²) in [7, 11) is 0. The lowest BCUT2D eigenvalue weighted by Gasteiger charge is -2.35. The lowest BCUT2D eigenvalue weighted by molar-refractivity contribution is 0.0306. The summed E-state index contributed by atoms with van der Waals surface area (Å²) in [5.74, 6) is 1.75. The summed E-state index contributed by atoms with van der Waals surface area (Å²) in [6.45, 7) is 4.47. The maximum Gasteiger partial charge on any atom is 0.229 e. The van der Waals surface area contributed by atoms with Gasteiger partial charge in [0.25, 0.3) is 0 Å². The second-order valence-electron chi connectivity index (χ2n) is 8.31. The van der Waals surface area contributed by atoms with Gasteiger partial charge in [0, 0.05) is 32.0 Å². The summed E-state index contributed by atoms with van der Waals surface area (Å²) in [5, 5.41) is 15.0. The lowest BCUT2D eigenvalue weighted by atomic mass is 9.77. The second-order valence-corrected chi connectivity index (χ2v) is 8.31. The molecule has 3 aromatic rings. The van der Waals surface area contributed by atoms with Gasteiger partial charge in [-0.15, -0.1) is 0 Å². The molecule has 2 fully saturated rings. The Morgan fingerprint density at radius 2 is 1.97 bits per heavy atom. The van der Waals surface area contributed by atoms with Gasteiger partial charge in [-0.2, -0.15) is 5.10 Å². The monoisotopic (exact) mass is 396 g/mol. The average molecular weight is 396 g/mol. The van der Waals surface area contributed by atoms with Gasteiger partial charge >= 0.3 is 0 Å². The van der Waals surface area contributed by atoms with Gasteiger partial charge in [-0.1, -0.05) is 12.1 Å². The molecule has 1 N–H and O–H groups in total. The molecule has 2 aromatic heterocycles. The van der Waals surface area contributed by atoms with E-state index in [-0.39, 0.29) is 18.0 Å². The number of likely N-dealkylation sites (tertiary alicyclic amines) is 1. The number of fused-ring (bicyclic) bond motifs is 1. The van der Waals surface area contributed by atoms with Crippen molar-refractivity contribution in [2.24, 2.45) is 11.8 Å². The number of aliphatic hydroxyl groups is 1. The van der Waals surface area contributed by atoms with Crippen molar-refractivity contribution in [3.63, 3.8) is 0 Å². The minimum absolute atomic E-state index is 0.0487. The van der Waals surface area contributed by atoms with Crippen LogP contribution in [0.2, 0.25) is 0 Å². The molecule has 1 saturated carbocycles. The molecule has 5 rings (SSSR count). The van der Waals surface area contributed by atoms with Crippen LogP contribution in [0.5, 0.6) is 0 Å². The van der Waals surface area contributed by atoms with Crippen LogP contribution >= 0.6 is 0 Å². The Hall–Kier alpha value is -2.51. The molecule has 1 aliphatic heterocycles. The largest absolute Gasteiger partial charge is 0.441 e. The van der Waals surface area contributed by atoms with E-state index in [0.717, 1.165) is 37.4 Å². The quantitative estimate of drug-likeness (QED) is 0.732. The van der Waals surface area contributed by atoms with Gasteiger partial charge < -0.3 is 9.52 Å². The van der Waals surface area contributed by atoms with Crippen molar-refractivity contribution in [3.8, 4) is 11.5 Å². The van der Waals surface area contributed by atoms with Crippen LogP contribution in [0.15, 0.2) is 47.1 Å². The molecule has 4 atom stereocenters. The third kappa shape index (κ3) is 3.49. The molecule has 1 saturated heterocycles. The SMILES string of the molecule is Cc1oc(-c2ccccc2F)nc1CN1C[C@H]2C[C@@H](n3cccn3)[C@H](O)C[C@H]2C1. The van der Waals surface area contributed by atoms with E-state index < -0.39 is 0 Å². The number of aliphatic hydroxyl groups excluding tert-OH is 1. The first-order valence-corrected chi connectivity index (χ1v) is 10.2. The van der Waals surface area contributed by atoms with Crippen LogP contribution in [0.4, 0.5) is 4.39 Å². The summed E-state index contributed by atoms with van der Waals surface area (Å²) in [6, 6.07) is 8.50. The van der Waals surface area contributed by atoms with E-state index in [9.17, 15) is 9.50 Å². The summed E-state index contributed by atoms with van der Waals surface area (Å²) in [5.41, 5.74) is 1.24. The lowest BCUT2D eigenvalue weighted by Crippen LogP contribution is -2.36. The average Bonchev–Trinajstić information content (AvgIpc) is 3.42. The predicted molar refractivity (Wildman–Crippen MR) is 105 cm³/mol. The van der Waals surface area contributed by atoms with Crippen molar-refractivity contribution in [2.45, 2.75) is 38.5 Å². The first-order valence-electron chi connectivity index (χ1n) is 10.2. The molecule has 0 bridgehead atoms. The van der Waals surface area contributed by atoms with E-state index in [0.29, 0.717) is 29.8 Å². The smallest absolute Gasteiger partial charge is 0.229 e. The van der Waals surface area contributed by atoms with Gasteiger partial charge in [0.15, 0.2) is 0 Å². The number of aryl methyl sites for hydroxylation is 1. The van der Waals surface area contributed by atoms with Crippen molar-refractivity contribution < 1.29 is 13.9 Å². The van der Waals surface area contributed by atoms with Crippen LogP contribution in [0.3, 0.4) is 0 Å². The standard InChI is InChI=1S/C22H25FN4O2/c1-14-19(25-22(29-14)17-5-2-3-6-18(17)23)13-26-11-15-9-20(27-8-4-7-24-27)21(28)10-16(15)12-26/h2-8,15-16,20-21,28H,9-13H2,1H3/t15-,16+,20-,21-/m1/s1. The van der Waals surface area contributed by atoms with Gasteiger partial charge in [-0.3, -0.25) is 9.58 Å². The molecular weight excluding hydrogens is 371 g/mol. The van der Waals surface area contributed by atoms with E-state index in [2.05, 4.69) is 15.0 Å². The summed E-state index contributed by atoms with van der Waals surface area (Å²) < 4.78 is 21.7. The van der Waals surface area contributed by atoms with Gasteiger partial charge in [0.2, 0.25) is 5.89 Å². The Balaban J connectivity index is 1.29. The van der Waals surface area contributed by atoms with Gasteiger partial charge in [0.1, 0.15) is 11.6 Å². The number of hydrogen-bond acceptors (Lipinski definition) is 5. The first-order chi connectivity index (χ1) is 14.1. The fourth-order valence-corrected chi connectivity index (χ4v) is 4.93. The zero-order chi connectivity index (χ0) is 20.0. The maximum absolute atomic E-state index is 14.1. The number of benzene rings is 1. The van der Waals surface area contributed by atoms with E-state index in [1.54, 1.807) is 24.4 Å². The Morgan fingerprint density at radius 3 is 2.72 bits per heavy atom. The minimum atomic E-state index is -0.363. The van der Waals surface area contributed by atoms with Crippen LogP contribution in [0, 0.1) is 24.6 Å². The molecule has 0 unspecified atom stereocenters. The van der Waals surface area contributed by atoms with Gasteiger partial charge in [0.05, 0.1) is 23.4 Å². The molecule has 1 aliphatic carbocycles. The summed E-state index contributed by atoms with van der Waals surface area (Å²) >= 11 is 0. The summed E-state index contributed by atoms with van der Waals surface area (Å²) in [4.78, 5) is 6.96. The van der Waals surface area contributed by atoms with E-state index in [1.165, 1.54) is 6.07 Å². The van der Waals surface area contributed by atoms with Crippen LogP contribution in [0.1, 0.15) is 30.3 Å². The summed E-state index contributed by atoms with van der Waals surface area (Å²) in [6.07, 6.45) is 5.06. The number of aromatic nitrogens is 3. The molecule has 3 heterocycles. The van der Waals surface area contributed by atoms with Crippen LogP contribution in [-0.4, -0.2) is 44.0 Å². The van der Waals surface area contributed by atoms with Crippen molar-refractivity contribution in [1.29, 1.82) is 0 Å². The number of rotatable bonds is 4. The number of oxazole rings is 1. The Labute approximate surface area is 169 Å². The highest BCUT2D eigenvalue weighted by Gasteiger charge is 2.42. The fourth-order valence-electron chi connectivity index (χ4n) is 4.93. The van der Waals surface area contributed by atoms with Crippen molar-refractivity contribution in [3.05, 3.63) is 60.0 Å². The Bertz CT molecular complexity index is 987. The molecule has 29 heavy (non-hydrogen) atoms. The normalized spacial score (nSPS) is 27.3. The number of hydrogen-bond donors (Lipinski definition) is 1.